The zero-order valence-electron chi connectivity index (χ0n) is 15.5. The normalized spacial score (nSPS) is 18.3. The van der Waals surface area contributed by atoms with Gasteiger partial charge in [0.2, 0.25) is 5.91 Å². The number of carbonyl (C=O) groups is 1. The van der Waals surface area contributed by atoms with Crippen LogP contribution in [0.25, 0.3) is 22.0 Å². The maximum absolute atomic E-state index is 12.5. The number of hydrogen-bond acceptors (Lipinski definition) is 5. The van der Waals surface area contributed by atoms with E-state index in [9.17, 15) is 4.79 Å². The summed E-state index contributed by atoms with van der Waals surface area (Å²) in [5.74, 6) is 1.01. The molecule has 4 rings (SSSR count). The minimum absolute atomic E-state index is 0.0696. The Bertz CT molecular complexity index is 1110. The van der Waals surface area contributed by atoms with E-state index in [0.717, 1.165) is 27.9 Å². The SMILES string of the molecule is Cc1ncc(-c2cc(N)c3cnc(N(C)C(=O)[C@H]4CC4C#N)cc3c2)n1C. The lowest BCUT2D eigenvalue weighted by atomic mass is 10.0. The second-order valence-electron chi connectivity index (χ2n) is 7.05. The number of amides is 1. The topological polar surface area (TPSA) is 101 Å². The van der Waals surface area contributed by atoms with E-state index in [-0.39, 0.29) is 17.7 Å². The Kier molecular flexibility index (Phi) is 3.84. The molecule has 1 aromatic carbocycles. The molecular weight excluding hydrogens is 340 g/mol. The molecule has 0 saturated heterocycles. The molecule has 2 atom stereocenters. The Balaban J connectivity index is 1.74. The average molecular weight is 360 g/mol. The summed E-state index contributed by atoms with van der Waals surface area (Å²) in [7, 11) is 3.66. The maximum Gasteiger partial charge on any atom is 0.232 e. The number of aryl methyl sites for hydroxylation is 1. The molecule has 1 fully saturated rings. The molecule has 136 valence electrons. The van der Waals surface area contributed by atoms with E-state index in [4.69, 9.17) is 11.0 Å². The van der Waals surface area contributed by atoms with Crippen molar-refractivity contribution >= 4 is 28.2 Å². The number of imidazole rings is 1. The molecule has 27 heavy (non-hydrogen) atoms. The van der Waals surface area contributed by atoms with Gasteiger partial charge in [-0.25, -0.2) is 9.97 Å². The molecule has 7 nitrogen and oxygen atoms in total. The summed E-state index contributed by atoms with van der Waals surface area (Å²) in [5.41, 5.74) is 8.80. The summed E-state index contributed by atoms with van der Waals surface area (Å²) in [5, 5.41) is 10.7. The summed E-state index contributed by atoms with van der Waals surface area (Å²) < 4.78 is 2.01. The summed E-state index contributed by atoms with van der Waals surface area (Å²) >= 11 is 0. The average Bonchev–Trinajstić information content (AvgIpc) is 3.39. The van der Waals surface area contributed by atoms with Crippen LogP contribution in [0.4, 0.5) is 11.5 Å². The Morgan fingerprint density at radius 1 is 1.33 bits per heavy atom. The molecule has 0 aliphatic heterocycles. The molecule has 2 N–H and O–H groups in total. The van der Waals surface area contributed by atoms with E-state index in [1.165, 1.54) is 4.90 Å². The standard InChI is InChI=1S/C20H20N6O/c1-11-23-10-18(25(11)2)13-4-12-7-19(24-9-16(12)17(22)6-13)26(3)20(27)15-5-14(15)8-21/h4,6-7,9-10,14-15H,5,22H2,1-3H3/t14?,15-/m0/s1. The van der Waals surface area contributed by atoms with Crippen molar-refractivity contribution in [3.05, 3.63) is 36.4 Å². The zero-order chi connectivity index (χ0) is 19.3. The fourth-order valence-corrected chi connectivity index (χ4v) is 3.35. The van der Waals surface area contributed by atoms with Crippen LogP contribution in [0.15, 0.2) is 30.6 Å². The van der Waals surface area contributed by atoms with Gasteiger partial charge >= 0.3 is 0 Å². The van der Waals surface area contributed by atoms with E-state index in [1.54, 1.807) is 13.2 Å². The third-order valence-corrected chi connectivity index (χ3v) is 5.32. The lowest BCUT2D eigenvalue weighted by Crippen LogP contribution is -2.29. The summed E-state index contributed by atoms with van der Waals surface area (Å²) in [6.07, 6.45) is 4.14. The van der Waals surface area contributed by atoms with Gasteiger partial charge in [0.05, 0.1) is 29.8 Å². The van der Waals surface area contributed by atoms with Crippen LogP contribution >= 0.6 is 0 Å². The van der Waals surface area contributed by atoms with E-state index in [2.05, 4.69) is 16.0 Å². The smallest absolute Gasteiger partial charge is 0.232 e. The van der Waals surface area contributed by atoms with E-state index >= 15 is 0 Å². The Morgan fingerprint density at radius 3 is 2.74 bits per heavy atom. The molecule has 1 unspecified atom stereocenters. The van der Waals surface area contributed by atoms with Gasteiger partial charge in [0.15, 0.2) is 0 Å². The molecular formula is C20H20N6O. The lowest BCUT2D eigenvalue weighted by Gasteiger charge is -2.17. The molecule has 7 heteroatoms. The van der Waals surface area contributed by atoms with Crippen molar-refractivity contribution in [2.45, 2.75) is 13.3 Å². The highest BCUT2D eigenvalue weighted by molar-refractivity contribution is 6.00. The fourth-order valence-electron chi connectivity index (χ4n) is 3.35. The van der Waals surface area contributed by atoms with Gasteiger partial charge in [0.1, 0.15) is 11.6 Å². The highest BCUT2D eigenvalue weighted by Gasteiger charge is 2.45. The highest BCUT2D eigenvalue weighted by Crippen LogP contribution is 2.40. The summed E-state index contributed by atoms with van der Waals surface area (Å²) in [6.45, 7) is 1.95. The number of carbonyl (C=O) groups excluding carboxylic acids is 1. The number of fused-ring (bicyclic) bond motifs is 1. The van der Waals surface area contributed by atoms with Crippen molar-refractivity contribution in [1.82, 2.24) is 14.5 Å². The zero-order valence-corrected chi connectivity index (χ0v) is 15.5. The number of nitrogens with two attached hydrogens (primary N) is 1. The second kappa shape index (κ2) is 6.09. The van der Waals surface area contributed by atoms with Crippen LogP contribution in [-0.4, -0.2) is 27.5 Å². The first-order valence-electron chi connectivity index (χ1n) is 8.76. The van der Waals surface area contributed by atoms with Crippen LogP contribution < -0.4 is 10.6 Å². The van der Waals surface area contributed by atoms with Crippen molar-refractivity contribution < 1.29 is 4.79 Å². The summed E-state index contributed by atoms with van der Waals surface area (Å²) in [6, 6.07) is 7.96. The van der Waals surface area contributed by atoms with Gasteiger partial charge in [-0.15, -0.1) is 0 Å². The van der Waals surface area contributed by atoms with Gasteiger partial charge in [-0.1, -0.05) is 0 Å². The molecule has 3 aromatic rings. The first kappa shape index (κ1) is 17.0. The third kappa shape index (κ3) is 2.79. The monoisotopic (exact) mass is 360 g/mol. The maximum atomic E-state index is 12.5. The number of aromatic nitrogens is 3. The van der Waals surface area contributed by atoms with E-state index in [0.29, 0.717) is 17.9 Å². The first-order chi connectivity index (χ1) is 12.9. The number of nitrogens with zero attached hydrogens (tertiary/aromatic N) is 5. The van der Waals surface area contributed by atoms with Gasteiger partial charge in [-0.05, 0) is 36.9 Å². The largest absolute Gasteiger partial charge is 0.398 e. The number of benzene rings is 1. The molecule has 1 saturated carbocycles. The molecule has 1 amide bonds. The predicted octanol–water partition coefficient (Wildman–Crippen LogP) is 2.65. The molecule has 2 heterocycles. The quantitative estimate of drug-likeness (QED) is 0.724. The van der Waals surface area contributed by atoms with Gasteiger partial charge in [0, 0.05) is 36.9 Å². The number of hydrogen-bond donors (Lipinski definition) is 1. The Hall–Kier alpha value is -3.40. The highest BCUT2D eigenvalue weighted by atomic mass is 16.2. The molecule has 2 aromatic heterocycles. The number of pyridine rings is 1. The van der Waals surface area contributed by atoms with Crippen LogP contribution in [0, 0.1) is 30.1 Å². The van der Waals surface area contributed by atoms with Crippen LogP contribution in [0.5, 0.6) is 0 Å². The van der Waals surface area contributed by atoms with Gasteiger partial charge in [-0.2, -0.15) is 5.26 Å². The Labute approximate surface area is 157 Å². The van der Waals surface area contributed by atoms with Crippen molar-refractivity contribution in [1.29, 1.82) is 5.26 Å². The third-order valence-electron chi connectivity index (χ3n) is 5.32. The molecule has 0 spiro atoms. The van der Waals surface area contributed by atoms with Gasteiger partial charge < -0.3 is 10.3 Å². The molecule has 1 aliphatic carbocycles. The van der Waals surface area contributed by atoms with Gasteiger partial charge in [-0.3, -0.25) is 9.69 Å². The first-order valence-corrected chi connectivity index (χ1v) is 8.76. The number of nitrogen functional groups attached to an aromatic ring is 1. The second-order valence-corrected chi connectivity index (χ2v) is 7.05. The fraction of sp³-hybridized carbons (Fsp3) is 0.300. The minimum Gasteiger partial charge on any atom is -0.398 e. The number of nitriles is 1. The van der Waals surface area contributed by atoms with Crippen LogP contribution in [0.1, 0.15) is 12.2 Å². The van der Waals surface area contributed by atoms with Crippen LogP contribution in [0.2, 0.25) is 0 Å². The van der Waals surface area contributed by atoms with Crippen LogP contribution in [-0.2, 0) is 11.8 Å². The van der Waals surface area contributed by atoms with Crippen molar-refractivity contribution in [2.75, 3.05) is 17.7 Å². The van der Waals surface area contributed by atoms with Crippen molar-refractivity contribution in [2.24, 2.45) is 18.9 Å². The summed E-state index contributed by atoms with van der Waals surface area (Å²) in [4.78, 5) is 22.8. The molecule has 0 radical (unpaired) electrons. The van der Waals surface area contributed by atoms with E-state index in [1.807, 2.05) is 42.9 Å². The van der Waals surface area contributed by atoms with Crippen molar-refractivity contribution in [3.8, 4) is 17.3 Å². The van der Waals surface area contributed by atoms with E-state index < -0.39 is 0 Å². The van der Waals surface area contributed by atoms with Crippen LogP contribution in [0.3, 0.4) is 0 Å². The number of anilines is 2. The van der Waals surface area contributed by atoms with Crippen molar-refractivity contribution in [3.63, 3.8) is 0 Å². The molecule has 1 aliphatic rings. The Morgan fingerprint density at radius 2 is 2.11 bits per heavy atom. The molecule has 0 bridgehead atoms. The number of rotatable bonds is 3. The minimum atomic E-state index is -0.216. The lowest BCUT2D eigenvalue weighted by molar-refractivity contribution is -0.119. The van der Waals surface area contributed by atoms with Gasteiger partial charge in [0.25, 0.3) is 0 Å². The predicted molar refractivity (Wildman–Crippen MR) is 104 cm³/mol.